The number of benzene rings is 1. The molecule has 0 saturated carbocycles. The molecule has 0 amide bonds. The Labute approximate surface area is 263 Å². The van der Waals surface area contributed by atoms with Crippen LogP contribution in [0.15, 0.2) is 49.6 Å². The fraction of sp³-hybridized carbons (Fsp3) is 0.536. The van der Waals surface area contributed by atoms with Crippen LogP contribution in [0.25, 0.3) is 0 Å². The van der Waals surface area contributed by atoms with Gasteiger partial charge in [0.2, 0.25) is 6.29 Å². The van der Waals surface area contributed by atoms with Gasteiger partial charge in [-0.05, 0) is 24.6 Å². The summed E-state index contributed by atoms with van der Waals surface area (Å²) in [5.41, 5.74) is 0.911. The van der Waals surface area contributed by atoms with Gasteiger partial charge in [0.1, 0.15) is 13.2 Å². The molecule has 0 aromatic heterocycles. The van der Waals surface area contributed by atoms with Gasteiger partial charge in [-0.1, -0.05) is 25.3 Å². The SMILES string of the molecule is C=CC(=O)OC(COCC1CSCS1)COC(=O)c1cccc(COOC(OCC2CSCS2)C(C)OC(=O)C=C)c1. The number of rotatable bonds is 19. The van der Waals surface area contributed by atoms with Crippen LogP contribution in [0.1, 0.15) is 22.8 Å². The second-order valence-electron chi connectivity index (χ2n) is 9.06. The van der Waals surface area contributed by atoms with E-state index in [-0.39, 0.29) is 25.4 Å². The van der Waals surface area contributed by atoms with Gasteiger partial charge in [0, 0.05) is 44.3 Å². The van der Waals surface area contributed by atoms with Crippen molar-refractivity contribution < 1.29 is 47.8 Å². The lowest BCUT2D eigenvalue weighted by atomic mass is 10.1. The molecule has 1 aromatic rings. The Morgan fingerprint density at radius 2 is 1.67 bits per heavy atom. The summed E-state index contributed by atoms with van der Waals surface area (Å²) in [5, 5.41) is 2.74. The molecule has 0 spiro atoms. The van der Waals surface area contributed by atoms with Crippen LogP contribution in [-0.2, 0) is 49.7 Å². The molecule has 0 bridgehead atoms. The zero-order valence-corrected chi connectivity index (χ0v) is 26.6. The lowest BCUT2D eigenvalue weighted by Gasteiger charge is -2.24. The number of ether oxygens (including phenoxy) is 5. The van der Waals surface area contributed by atoms with Crippen molar-refractivity contribution in [1.29, 1.82) is 0 Å². The Hall–Kier alpha value is -1.65. The van der Waals surface area contributed by atoms with Crippen molar-refractivity contribution in [3.8, 4) is 0 Å². The molecule has 2 saturated heterocycles. The number of carbonyl (C=O) groups is 3. The number of hydrogen-bond acceptors (Lipinski definition) is 14. The molecule has 0 N–H and O–H groups in total. The van der Waals surface area contributed by atoms with E-state index in [4.69, 9.17) is 33.5 Å². The van der Waals surface area contributed by atoms with Crippen molar-refractivity contribution in [2.75, 3.05) is 48.1 Å². The van der Waals surface area contributed by atoms with E-state index in [0.29, 0.717) is 29.3 Å². The molecular formula is C28H36O10S4. The molecule has 232 valence electrons. The molecular weight excluding hydrogens is 625 g/mol. The van der Waals surface area contributed by atoms with Gasteiger partial charge >= 0.3 is 17.9 Å². The highest BCUT2D eigenvalue weighted by Gasteiger charge is 2.26. The van der Waals surface area contributed by atoms with E-state index in [1.807, 2.05) is 35.3 Å². The first-order valence-electron chi connectivity index (χ1n) is 13.2. The molecule has 2 aliphatic rings. The summed E-state index contributed by atoms with van der Waals surface area (Å²) in [6.07, 6.45) is -0.365. The normalized spacial score (nSPS) is 20.3. The van der Waals surface area contributed by atoms with Crippen LogP contribution >= 0.6 is 47.0 Å². The second kappa shape index (κ2) is 19.6. The third kappa shape index (κ3) is 12.9. The average molecular weight is 661 g/mol. The number of thioether (sulfide) groups is 4. The number of carbonyl (C=O) groups excluding carboxylic acids is 3. The Morgan fingerprint density at radius 1 is 0.976 bits per heavy atom. The van der Waals surface area contributed by atoms with Gasteiger partial charge in [0.05, 0.1) is 25.4 Å². The van der Waals surface area contributed by atoms with Gasteiger partial charge in [0.25, 0.3) is 0 Å². The van der Waals surface area contributed by atoms with Crippen molar-refractivity contribution in [2.24, 2.45) is 0 Å². The van der Waals surface area contributed by atoms with Crippen LogP contribution in [0.2, 0.25) is 0 Å². The Balaban J connectivity index is 1.49. The van der Waals surface area contributed by atoms with Gasteiger partial charge in [-0.3, -0.25) is 0 Å². The fourth-order valence-corrected chi connectivity index (χ4v) is 9.05. The standard InChI is InChI=1S/C28H36O10S4/c1-4-25(29)36-19(3)28(34-14-24-16-40-18-42-24)38-35-10-20-7-6-8-21(9-20)27(31)33-12-22(37-26(30)5-2)11-32-13-23-15-39-17-41-23/h4-9,19,22-24,28H,1-2,10-18H2,3H3. The quantitative estimate of drug-likeness (QED) is 0.0519. The zero-order valence-electron chi connectivity index (χ0n) is 23.3. The third-order valence-electron chi connectivity index (χ3n) is 5.69. The Kier molecular flexibility index (Phi) is 16.2. The minimum atomic E-state index is -0.961. The van der Waals surface area contributed by atoms with Gasteiger partial charge in [-0.15, -0.1) is 47.0 Å². The summed E-state index contributed by atoms with van der Waals surface area (Å²) in [5.74, 6) is 0.151. The van der Waals surface area contributed by atoms with Crippen LogP contribution < -0.4 is 0 Å². The Bertz CT molecular complexity index is 1030. The summed E-state index contributed by atoms with van der Waals surface area (Å²) < 4.78 is 27.5. The molecule has 0 aliphatic carbocycles. The summed E-state index contributed by atoms with van der Waals surface area (Å²) in [7, 11) is 0. The van der Waals surface area contributed by atoms with Gasteiger partial charge in [-0.25, -0.2) is 24.2 Å². The van der Waals surface area contributed by atoms with E-state index in [9.17, 15) is 14.4 Å². The van der Waals surface area contributed by atoms with Crippen LogP contribution in [0.4, 0.5) is 0 Å². The van der Waals surface area contributed by atoms with E-state index >= 15 is 0 Å². The van der Waals surface area contributed by atoms with E-state index in [1.165, 1.54) is 0 Å². The van der Waals surface area contributed by atoms with E-state index < -0.39 is 36.4 Å². The lowest BCUT2D eigenvalue weighted by molar-refractivity contribution is -0.399. The first-order chi connectivity index (χ1) is 20.4. The van der Waals surface area contributed by atoms with Crippen LogP contribution in [-0.4, -0.2) is 95.0 Å². The number of esters is 3. The van der Waals surface area contributed by atoms with Crippen molar-refractivity contribution >= 4 is 65.0 Å². The van der Waals surface area contributed by atoms with Gasteiger partial charge < -0.3 is 23.7 Å². The summed E-state index contributed by atoms with van der Waals surface area (Å²) in [4.78, 5) is 47.1. The largest absolute Gasteiger partial charge is 0.458 e. The average Bonchev–Trinajstić information content (AvgIpc) is 3.72. The molecule has 5 unspecified atom stereocenters. The van der Waals surface area contributed by atoms with Crippen molar-refractivity contribution in [3.05, 3.63) is 60.7 Å². The minimum absolute atomic E-state index is 0.0119. The van der Waals surface area contributed by atoms with Gasteiger partial charge in [-0.2, -0.15) is 0 Å². The topological polar surface area (TPSA) is 116 Å². The molecule has 2 heterocycles. The zero-order chi connectivity index (χ0) is 30.2. The molecule has 0 radical (unpaired) electrons. The smallest absolute Gasteiger partial charge is 0.338 e. The lowest BCUT2D eigenvalue weighted by Crippen LogP contribution is -2.35. The van der Waals surface area contributed by atoms with Crippen molar-refractivity contribution in [1.82, 2.24) is 0 Å². The molecule has 2 aliphatic heterocycles. The minimum Gasteiger partial charge on any atom is -0.458 e. The van der Waals surface area contributed by atoms with E-state index in [0.717, 1.165) is 33.8 Å². The van der Waals surface area contributed by atoms with E-state index in [1.54, 1.807) is 43.0 Å². The molecule has 5 atom stereocenters. The molecule has 1 aromatic carbocycles. The number of hydrogen-bond donors (Lipinski definition) is 0. The predicted molar refractivity (Wildman–Crippen MR) is 166 cm³/mol. The fourth-order valence-electron chi connectivity index (χ4n) is 3.54. The van der Waals surface area contributed by atoms with Crippen LogP contribution in [0.5, 0.6) is 0 Å². The van der Waals surface area contributed by atoms with Gasteiger partial charge in [0.15, 0.2) is 12.2 Å². The van der Waals surface area contributed by atoms with Crippen molar-refractivity contribution in [2.45, 2.75) is 42.5 Å². The maximum atomic E-state index is 12.8. The molecule has 2 fully saturated rings. The molecule has 10 nitrogen and oxygen atoms in total. The predicted octanol–water partition coefficient (Wildman–Crippen LogP) is 4.48. The highest BCUT2D eigenvalue weighted by Crippen LogP contribution is 2.30. The van der Waals surface area contributed by atoms with Crippen LogP contribution in [0.3, 0.4) is 0 Å². The summed E-state index contributed by atoms with van der Waals surface area (Å²) in [6.45, 7) is 9.31. The molecule has 3 rings (SSSR count). The Morgan fingerprint density at radius 3 is 2.33 bits per heavy atom. The highest BCUT2D eigenvalue weighted by molar-refractivity contribution is 8.19. The first-order valence-corrected chi connectivity index (χ1v) is 17.6. The monoisotopic (exact) mass is 660 g/mol. The maximum absolute atomic E-state index is 12.8. The maximum Gasteiger partial charge on any atom is 0.338 e. The second-order valence-corrected chi connectivity index (χ2v) is 14.4. The van der Waals surface area contributed by atoms with E-state index in [2.05, 4.69) is 13.2 Å². The molecule has 14 heteroatoms. The summed E-state index contributed by atoms with van der Waals surface area (Å²) >= 11 is 7.31. The molecule has 42 heavy (non-hydrogen) atoms. The van der Waals surface area contributed by atoms with Crippen LogP contribution in [0, 0.1) is 0 Å². The van der Waals surface area contributed by atoms with Crippen molar-refractivity contribution in [3.63, 3.8) is 0 Å². The summed E-state index contributed by atoms with van der Waals surface area (Å²) in [6, 6.07) is 6.64. The third-order valence-corrected chi connectivity index (χ3v) is 11.4. The first kappa shape index (κ1) is 34.8. The highest BCUT2D eigenvalue weighted by atomic mass is 32.2.